The minimum atomic E-state index is 0.424. The van der Waals surface area contributed by atoms with E-state index in [-0.39, 0.29) is 0 Å². The van der Waals surface area contributed by atoms with Crippen LogP contribution in [0.2, 0.25) is 0 Å². The molecular weight excluding hydrogens is 216 g/mol. The average molecular weight is 234 g/mol. The van der Waals surface area contributed by atoms with Crippen LogP contribution in [0.15, 0.2) is 12.4 Å². The number of hydrogen-bond donors (Lipinski definition) is 1. The number of aromatic amines is 1. The fourth-order valence-electron chi connectivity index (χ4n) is 1.84. The van der Waals surface area contributed by atoms with E-state index in [1.165, 1.54) is 0 Å². The quantitative estimate of drug-likeness (QED) is 0.853. The Labute approximate surface area is 100 Å². The van der Waals surface area contributed by atoms with Crippen LogP contribution >= 0.6 is 0 Å². The molecule has 1 N–H and O–H groups in total. The third kappa shape index (κ3) is 2.89. The summed E-state index contributed by atoms with van der Waals surface area (Å²) in [5, 5.41) is 18.6. The summed E-state index contributed by atoms with van der Waals surface area (Å²) < 4.78 is 1.74. The van der Waals surface area contributed by atoms with Crippen LogP contribution in [0.25, 0.3) is 0 Å². The number of rotatable bonds is 5. The van der Waals surface area contributed by atoms with Crippen LogP contribution in [0, 0.1) is 0 Å². The van der Waals surface area contributed by atoms with Gasteiger partial charge in [-0.05, 0) is 12.8 Å². The van der Waals surface area contributed by atoms with Gasteiger partial charge in [-0.25, -0.2) is 0 Å². The van der Waals surface area contributed by atoms with Crippen LogP contribution in [0.5, 0.6) is 0 Å². The van der Waals surface area contributed by atoms with Gasteiger partial charge >= 0.3 is 0 Å². The van der Waals surface area contributed by atoms with Crippen molar-refractivity contribution in [3.63, 3.8) is 0 Å². The van der Waals surface area contributed by atoms with Crippen LogP contribution in [0.3, 0.4) is 0 Å². The first kappa shape index (κ1) is 11.8. The standard InChI is InChI=1S/C11H18N6/c1-8(10-6-12-15-13-10)4-5-9(2)11-7-17(3)16-14-11/h6-9H,4-5H2,1-3H3,(H,12,13,15). The molecule has 2 heterocycles. The molecule has 0 aromatic carbocycles. The highest BCUT2D eigenvalue weighted by molar-refractivity contribution is 5.02. The van der Waals surface area contributed by atoms with Crippen molar-refractivity contribution in [2.45, 2.75) is 38.5 Å². The van der Waals surface area contributed by atoms with Crippen molar-refractivity contribution in [3.05, 3.63) is 23.8 Å². The van der Waals surface area contributed by atoms with Crippen LogP contribution < -0.4 is 0 Å². The number of aromatic nitrogens is 6. The van der Waals surface area contributed by atoms with Crippen molar-refractivity contribution < 1.29 is 0 Å². The molecule has 0 saturated heterocycles. The molecule has 0 aliphatic heterocycles. The van der Waals surface area contributed by atoms with Crippen molar-refractivity contribution in [2.24, 2.45) is 7.05 Å². The Kier molecular flexibility index (Phi) is 3.51. The first-order valence-electron chi connectivity index (χ1n) is 5.89. The lowest BCUT2D eigenvalue weighted by Crippen LogP contribution is -2.00. The summed E-state index contributed by atoms with van der Waals surface area (Å²) >= 11 is 0. The van der Waals surface area contributed by atoms with Crippen molar-refractivity contribution in [1.29, 1.82) is 0 Å². The van der Waals surface area contributed by atoms with E-state index in [4.69, 9.17) is 0 Å². The maximum atomic E-state index is 4.14. The zero-order valence-corrected chi connectivity index (χ0v) is 10.5. The maximum absolute atomic E-state index is 4.14. The van der Waals surface area contributed by atoms with Crippen molar-refractivity contribution in [1.82, 2.24) is 30.4 Å². The highest BCUT2D eigenvalue weighted by Gasteiger charge is 2.13. The lowest BCUT2D eigenvalue weighted by Gasteiger charge is -2.11. The minimum Gasteiger partial charge on any atom is -0.265 e. The molecular formula is C11H18N6. The van der Waals surface area contributed by atoms with Crippen LogP contribution in [-0.2, 0) is 7.05 Å². The molecule has 0 fully saturated rings. The maximum Gasteiger partial charge on any atom is 0.0855 e. The van der Waals surface area contributed by atoms with Gasteiger partial charge in [-0.3, -0.25) is 9.78 Å². The van der Waals surface area contributed by atoms with Gasteiger partial charge < -0.3 is 0 Å². The van der Waals surface area contributed by atoms with Gasteiger partial charge in [0.25, 0.3) is 0 Å². The molecule has 0 saturated carbocycles. The summed E-state index contributed by atoms with van der Waals surface area (Å²) in [4.78, 5) is 0. The van der Waals surface area contributed by atoms with Crippen LogP contribution in [-0.4, -0.2) is 30.4 Å². The van der Waals surface area contributed by atoms with Gasteiger partial charge in [-0.1, -0.05) is 24.3 Å². The number of H-pyrrole nitrogens is 1. The molecule has 92 valence electrons. The van der Waals surface area contributed by atoms with Gasteiger partial charge in [0.15, 0.2) is 0 Å². The number of nitrogens with zero attached hydrogens (tertiary/aromatic N) is 5. The molecule has 0 spiro atoms. The van der Waals surface area contributed by atoms with Gasteiger partial charge in [0.05, 0.1) is 11.4 Å². The number of nitrogens with one attached hydrogen (secondary N) is 1. The van der Waals surface area contributed by atoms with Gasteiger partial charge in [-0.2, -0.15) is 0 Å². The highest BCUT2D eigenvalue weighted by atomic mass is 15.4. The molecule has 2 unspecified atom stereocenters. The Morgan fingerprint density at radius 2 is 1.88 bits per heavy atom. The SMILES string of the molecule is CC(CCC(C)c1cn(C)nn1)c1c[nH]nn1. The normalized spacial score (nSPS) is 14.8. The molecule has 0 aliphatic carbocycles. The smallest absolute Gasteiger partial charge is 0.0855 e. The zero-order chi connectivity index (χ0) is 12.3. The summed E-state index contributed by atoms with van der Waals surface area (Å²) in [7, 11) is 1.89. The minimum absolute atomic E-state index is 0.424. The van der Waals surface area contributed by atoms with Gasteiger partial charge in [0.2, 0.25) is 0 Å². The summed E-state index contributed by atoms with van der Waals surface area (Å²) in [6.07, 6.45) is 5.99. The zero-order valence-electron chi connectivity index (χ0n) is 10.5. The average Bonchev–Trinajstić information content (AvgIpc) is 2.95. The number of hydrogen-bond acceptors (Lipinski definition) is 4. The second kappa shape index (κ2) is 5.07. The molecule has 2 aromatic heterocycles. The van der Waals surface area contributed by atoms with Crippen molar-refractivity contribution in [3.8, 4) is 0 Å². The van der Waals surface area contributed by atoms with E-state index in [1.54, 1.807) is 4.68 Å². The van der Waals surface area contributed by atoms with E-state index in [0.717, 1.165) is 24.2 Å². The topological polar surface area (TPSA) is 72.3 Å². The molecule has 0 radical (unpaired) electrons. The van der Waals surface area contributed by atoms with Gasteiger partial charge in [-0.15, -0.1) is 10.2 Å². The first-order valence-corrected chi connectivity index (χ1v) is 5.89. The van der Waals surface area contributed by atoms with E-state index >= 15 is 0 Å². The Hall–Kier alpha value is -1.72. The first-order chi connectivity index (χ1) is 8.16. The summed E-state index contributed by atoms with van der Waals surface area (Å²) in [5.74, 6) is 0.853. The molecule has 0 amide bonds. The Balaban J connectivity index is 1.86. The predicted octanol–water partition coefficient (Wildman–Crippen LogP) is 1.62. The van der Waals surface area contributed by atoms with E-state index in [0.29, 0.717) is 11.8 Å². The fourth-order valence-corrected chi connectivity index (χ4v) is 1.84. The predicted molar refractivity (Wildman–Crippen MR) is 63.4 cm³/mol. The monoisotopic (exact) mass is 234 g/mol. The van der Waals surface area contributed by atoms with E-state index < -0.39 is 0 Å². The second-order valence-corrected chi connectivity index (χ2v) is 4.59. The molecule has 6 nitrogen and oxygen atoms in total. The van der Waals surface area contributed by atoms with Gasteiger partial charge in [0, 0.05) is 31.3 Å². The summed E-state index contributed by atoms with van der Waals surface area (Å²) in [5.41, 5.74) is 2.08. The third-order valence-corrected chi connectivity index (χ3v) is 3.10. The summed E-state index contributed by atoms with van der Waals surface area (Å²) in [6, 6.07) is 0. The third-order valence-electron chi connectivity index (χ3n) is 3.10. The van der Waals surface area contributed by atoms with Crippen molar-refractivity contribution >= 4 is 0 Å². The fraction of sp³-hybridized carbons (Fsp3) is 0.636. The van der Waals surface area contributed by atoms with E-state index in [9.17, 15) is 0 Å². The Morgan fingerprint density at radius 1 is 1.18 bits per heavy atom. The largest absolute Gasteiger partial charge is 0.265 e. The molecule has 6 heteroatoms. The molecule has 0 aliphatic rings. The van der Waals surface area contributed by atoms with E-state index in [1.807, 2.05) is 19.4 Å². The van der Waals surface area contributed by atoms with E-state index in [2.05, 4.69) is 39.6 Å². The summed E-state index contributed by atoms with van der Waals surface area (Å²) in [6.45, 7) is 4.35. The van der Waals surface area contributed by atoms with Crippen LogP contribution in [0.4, 0.5) is 0 Å². The highest BCUT2D eigenvalue weighted by Crippen LogP contribution is 2.24. The van der Waals surface area contributed by atoms with Crippen molar-refractivity contribution in [2.75, 3.05) is 0 Å². The Morgan fingerprint density at radius 3 is 2.41 bits per heavy atom. The molecule has 2 rings (SSSR count). The molecule has 2 atom stereocenters. The molecule has 17 heavy (non-hydrogen) atoms. The molecule has 0 bridgehead atoms. The lowest BCUT2D eigenvalue weighted by molar-refractivity contribution is 0.556. The molecule has 2 aromatic rings. The number of aryl methyl sites for hydroxylation is 1. The van der Waals surface area contributed by atoms with Crippen LogP contribution in [0.1, 0.15) is 49.9 Å². The Bertz CT molecular complexity index is 446. The second-order valence-electron chi connectivity index (χ2n) is 4.59. The lowest BCUT2D eigenvalue weighted by atomic mass is 9.95. The van der Waals surface area contributed by atoms with Gasteiger partial charge in [0.1, 0.15) is 0 Å².